The predicted molar refractivity (Wildman–Crippen MR) is 79.6 cm³/mol. The van der Waals surface area contributed by atoms with Gasteiger partial charge in [0, 0.05) is 10.6 Å². The zero-order valence-electron chi connectivity index (χ0n) is 10.1. The average Bonchev–Trinajstić information content (AvgIpc) is 2.38. The second-order valence-corrected chi connectivity index (χ2v) is 6.28. The molecule has 1 aromatic carbocycles. The Kier molecular flexibility index (Phi) is 4.95. The van der Waals surface area contributed by atoms with Gasteiger partial charge in [0.05, 0.1) is 16.0 Å². The maximum absolute atomic E-state index is 5.53. The van der Waals surface area contributed by atoms with E-state index in [1.165, 1.54) is 9.94 Å². The van der Waals surface area contributed by atoms with Gasteiger partial charge in [-0.05, 0) is 31.5 Å². The fourth-order valence-corrected chi connectivity index (χ4v) is 4.09. The molecule has 1 aromatic rings. The molecule has 4 heteroatoms. The van der Waals surface area contributed by atoms with E-state index in [4.69, 9.17) is 10.7 Å². The molecule has 1 aliphatic rings. The molecule has 1 heterocycles. The molecule has 0 aromatic heterocycles. The Morgan fingerprint density at radius 1 is 1.41 bits per heavy atom. The highest BCUT2D eigenvalue weighted by molar-refractivity contribution is 8.16. The molecule has 0 saturated heterocycles. The van der Waals surface area contributed by atoms with E-state index < -0.39 is 0 Å². The second kappa shape index (κ2) is 6.47. The van der Waals surface area contributed by atoms with Crippen LogP contribution in [0.3, 0.4) is 0 Å². The fourth-order valence-electron chi connectivity index (χ4n) is 1.69. The molecular weight excluding hydrogens is 248 g/mol. The van der Waals surface area contributed by atoms with Gasteiger partial charge in [0.15, 0.2) is 0 Å². The molecule has 1 unspecified atom stereocenters. The molecule has 0 bridgehead atoms. The van der Waals surface area contributed by atoms with Crippen LogP contribution >= 0.6 is 23.5 Å². The van der Waals surface area contributed by atoms with Crippen LogP contribution in [0.4, 0.5) is 5.69 Å². The predicted octanol–water partition coefficient (Wildman–Crippen LogP) is 3.68. The largest absolute Gasteiger partial charge is 0.330 e. The van der Waals surface area contributed by atoms with Gasteiger partial charge in [-0.3, -0.25) is 0 Å². The molecule has 92 valence electrons. The minimum absolute atomic E-state index is 0.521. The SMILES string of the molecule is CCC1Sc2ccccc2N=C1SCCCN. The van der Waals surface area contributed by atoms with Crippen LogP contribution in [-0.4, -0.2) is 22.6 Å². The molecule has 0 radical (unpaired) electrons. The summed E-state index contributed by atoms with van der Waals surface area (Å²) in [6.07, 6.45) is 2.19. The second-order valence-electron chi connectivity index (χ2n) is 3.92. The molecule has 2 nitrogen and oxygen atoms in total. The molecule has 2 N–H and O–H groups in total. The summed E-state index contributed by atoms with van der Waals surface area (Å²) in [6.45, 7) is 2.99. The van der Waals surface area contributed by atoms with Crippen molar-refractivity contribution in [3.8, 4) is 0 Å². The van der Waals surface area contributed by atoms with Crippen molar-refractivity contribution >= 4 is 34.3 Å². The van der Waals surface area contributed by atoms with Gasteiger partial charge in [-0.1, -0.05) is 19.1 Å². The zero-order chi connectivity index (χ0) is 12.1. The average molecular weight is 266 g/mol. The van der Waals surface area contributed by atoms with E-state index in [9.17, 15) is 0 Å². The Morgan fingerprint density at radius 3 is 3.00 bits per heavy atom. The van der Waals surface area contributed by atoms with Crippen LogP contribution in [0.25, 0.3) is 0 Å². The molecule has 17 heavy (non-hydrogen) atoms. The van der Waals surface area contributed by atoms with Gasteiger partial charge in [-0.2, -0.15) is 0 Å². The number of nitrogens with zero attached hydrogens (tertiary/aromatic N) is 1. The number of para-hydroxylation sites is 1. The van der Waals surface area contributed by atoms with E-state index in [0.717, 1.165) is 30.8 Å². The van der Waals surface area contributed by atoms with Gasteiger partial charge in [0.2, 0.25) is 0 Å². The van der Waals surface area contributed by atoms with Gasteiger partial charge >= 0.3 is 0 Å². The van der Waals surface area contributed by atoms with E-state index in [1.54, 1.807) is 0 Å². The Bertz CT molecular complexity index is 404. The topological polar surface area (TPSA) is 38.4 Å². The Hall–Kier alpha value is -0.450. The lowest BCUT2D eigenvalue weighted by Gasteiger charge is -2.22. The fraction of sp³-hybridized carbons (Fsp3) is 0.462. The normalized spacial score (nSPS) is 18.7. The van der Waals surface area contributed by atoms with E-state index >= 15 is 0 Å². The minimum Gasteiger partial charge on any atom is -0.330 e. The third kappa shape index (κ3) is 3.27. The van der Waals surface area contributed by atoms with E-state index in [-0.39, 0.29) is 0 Å². The summed E-state index contributed by atoms with van der Waals surface area (Å²) in [5, 5.41) is 1.79. The number of hydrogen-bond acceptors (Lipinski definition) is 4. The summed E-state index contributed by atoms with van der Waals surface area (Å²) in [7, 11) is 0. The lowest BCUT2D eigenvalue weighted by atomic mass is 10.3. The summed E-state index contributed by atoms with van der Waals surface area (Å²) in [5.74, 6) is 1.08. The van der Waals surface area contributed by atoms with Crippen molar-refractivity contribution in [1.82, 2.24) is 0 Å². The third-order valence-electron chi connectivity index (χ3n) is 2.61. The van der Waals surface area contributed by atoms with Crippen LogP contribution in [0.1, 0.15) is 19.8 Å². The number of aliphatic imine (C=N–C) groups is 1. The smallest absolute Gasteiger partial charge is 0.0872 e. The number of hydrogen-bond donors (Lipinski definition) is 1. The highest BCUT2D eigenvalue weighted by Crippen LogP contribution is 2.41. The van der Waals surface area contributed by atoms with Gasteiger partial charge < -0.3 is 5.73 Å². The standard InChI is InChI=1S/C13H18N2S2/c1-2-11-13(16-9-5-8-14)15-10-6-3-4-7-12(10)17-11/h3-4,6-7,11H,2,5,8-9,14H2,1H3. The van der Waals surface area contributed by atoms with Crippen LogP contribution in [0.5, 0.6) is 0 Å². The molecule has 2 rings (SSSR count). The van der Waals surface area contributed by atoms with Gasteiger partial charge in [0.25, 0.3) is 0 Å². The summed E-state index contributed by atoms with van der Waals surface area (Å²) in [6, 6.07) is 8.39. The van der Waals surface area contributed by atoms with Crippen LogP contribution in [0, 0.1) is 0 Å². The van der Waals surface area contributed by atoms with E-state index in [2.05, 4.69) is 31.2 Å². The van der Waals surface area contributed by atoms with E-state index in [0.29, 0.717) is 5.25 Å². The number of fused-ring (bicyclic) bond motifs is 1. The lowest BCUT2D eigenvalue weighted by molar-refractivity contribution is 0.944. The Labute approximate surface area is 111 Å². The first kappa shape index (κ1) is 13.0. The number of nitrogens with two attached hydrogens (primary N) is 1. The van der Waals surface area contributed by atoms with Crippen molar-refractivity contribution < 1.29 is 0 Å². The van der Waals surface area contributed by atoms with Crippen molar-refractivity contribution in [2.45, 2.75) is 29.9 Å². The van der Waals surface area contributed by atoms with Gasteiger partial charge in [-0.25, -0.2) is 4.99 Å². The molecule has 1 aliphatic heterocycles. The van der Waals surface area contributed by atoms with Crippen LogP contribution < -0.4 is 5.73 Å². The third-order valence-corrected chi connectivity index (χ3v) is 5.36. The van der Waals surface area contributed by atoms with Crippen molar-refractivity contribution in [3.63, 3.8) is 0 Å². The molecular formula is C13H18N2S2. The molecule has 1 atom stereocenters. The monoisotopic (exact) mass is 266 g/mol. The van der Waals surface area contributed by atoms with Gasteiger partial charge in [0.1, 0.15) is 0 Å². The van der Waals surface area contributed by atoms with Crippen molar-refractivity contribution in [1.29, 1.82) is 0 Å². The Balaban J connectivity index is 2.14. The lowest BCUT2D eigenvalue weighted by Crippen LogP contribution is -2.16. The molecule has 0 aliphatic carbocycles. The van der Waals surface area contributed by atoms with Crippen molar-refractivity contribution in [3.05, 3.63) is 24.3 Å². The van der Waals surface area contributed by atoms with E-state index in [1.807, 2.05) is 23.5 Å². The minimum atomic E-state index is 0.521. The maximum atomic E-state index is 5.53. The van der Waals surface area contributed by atoms with Crippen LogP contribution in [0.15, 0.2) is 34.2 Å². The molecule has 0 amide bonds. The van der Waals surface area contributed by atoms with Gasteiger partial charge in [-0.15, -0.1) is 23.5 Å². The maximum Gasteiger partial charge on any atom is 0.0872 e. The van der Waals surface area contributed by atoms with Crippen LogP contribution in [-0.2, 0) is 0 Å². The first-order chi connectivity index (χ1) is 8.35. The van der Waals surface area contributed by atoms with Crippen molar-refractivity contribution in [2.24, 2.45) is 10.7 Å². The van der Waals surface area contributed by atoms with Crippen molar-refractivity contribution in [2.75, 3.05) is 12.3 Å². The highest BCUT2D eigenvalue weighted by Gasteiger charge is 2.22. The first-order valence-electron chi connectivity index (χ1n) is 6.02. The summed E-state index contributed by atoms with van der Waals surface area (Å²) >= 11 is 3.81. The number of thioether (sulfide) groups is 2. The Morgan fingerprint density at radius 2 is 2.24 bits per heavy atom. The quantitative estimate of drug-likeness (QED) is 0.845. The summed E-state index contributed by atoms with van der Waals surface area (Å²) in [4.78, 5) is 6.10. The number of benzene rings is 1. The highest BCUT2D eigenvalue weighted by atomic mass is 32.2. The first-order valence-corrected chi connectivity index (χ1v) is 7.88. The summed E-state index contributed by atoms with van der Waals surface area (Å²) in [5.41, 5.74) is 6.65. The zero-order valence-corrected chi connectivity index (χ0v) is 11.7. The molecule has 0 fully saturated rings. The van der Waals surface area contributed by atoms with Crippen LogP contribution in [0.2, 0.25) is 0 Å². The number of rotatable bonds is 4. The molecule has 0 saturated carbocycles. The summed E-state index contributed by atoms with van der Waals surface area (Å²) < 4.78 is 0. The molecule has 0 spiro atoms.